The molecule has 5 nitrogen and oxygen atoms in total. The van der Waals surface area contributed by atoms with E-state index in [0.717, 1.165) is 11.1 Å². The van der Waals surface area contributed by atoms with Crippen molar-refractivity contribution in [2.24, 2.45) is 5.16 Å². The number of ether oxygens (including phenoxy) is 1. The third-order valence-corrected chi connectivity index (χ3v) is 5.65. The SMILES string of the molecule is CCC1=NOC(C(=O)O)(C(OCc2ccccc2C)c2ccc(Cl)c(Cl)c2)C1. The van der Waals surface area contributed by atoms with E-state index in [0.29, 0.717) is 27.7 Å². The third kappa shape index (κ3) is 4.02. The number of nitrogens with zero attached hydrogens (tertiary/aromatic N) is 1. The second-order valence-electron chi connectivity index (χ2n) is 6.76. The summed E-state index contributed by atoms with van der Waals surface area (Å²) in [5.41, 5.74) is 1.59. The molecule has 1 aliphatic heterocycles. The molecule has 0 fully saturated rings. The fraction of sp³-hybridized carbons (Fsp3) is 0.333. The summed E-state index contributed by atoms with van der Waals surface area (Å²) < 4.78 is 6.15. The number of rotatable bonds is 7. The summed E-state index contributed by atoms with van der Waals surface area (Å²) in [7, 11) is 0. The normalized spacial score (nSPS) is 19.8. The van der Waals surface area contributed by atoms with Crippen LogP contribution in [0.5, 0.6) is 0 Å². The Hall–Kier alpha value is -2.08. The highest BCUT2D eigenvalue weighted by atomic mass is 35.5. The van der Waals surface area contributed by atoms with E-state index in [9.17, 15) is 9.90 Å². The standard InChI is InChI=1S/C21H21Cl2NO4/c1-3-16-11-21(20(25)26,28-24-16)19(14-8-9-17(22)18(23)10-14)27-12-15-7-5-4-6-13(15)2/h4-10,19H,3,11-12H2,1-2H3,(H,25,26). The van der Waals surface area contributed by atoms with Gasteiger partial charge in [0.15, 0.2) is 0 Å². The molecule has 2 unspecified atom stereocenters. The van der Waals surface area contributed by atoms with E-state index in [4.69, 9.17) is 32.8 Å². The van der Waals surface area contributed by atoms with Gasteiger partial charge in [-0.25, -0.2) is 4.79 Å². The summed E-state index contributed by atoms with van der Waals surface area (Å²) >= 11 is 12.2. The molecule has 1 heterocycles. The van der Waals surface area contributed by atoms with Gasteiger partial charge in [0.1, 0.15) is 6.10 Å². The van der Waals surface area contributed by atoms with Gasteiger partial charge in [-0.1, -0.05) is 65.6 Å². The molecule has 0 amide bonds. The molecule has 0 radical (unpaired) electrons. The second-order valence-corrected chi connectivity index (χ2v) is 7.58. The molecular weight excluding hydrogens is 401 g/mol. The van der Waals surface area contributed by atoms with E-state index < -0.39 is 17.7 Å². The lowest BCUT2D eigenvalue weighted by molar-refractivity contribution is -0.187. The minimum absolute atomic E-state index is 0.136. The quantitative estimate of drug-likeness (QED) is 0.634. The maximum Gasteiger partial charge on any atom is 0.354 e. The van der Waals surface area contributed by atoms with Crippen molar-refractivity contribution in [3.8, 4) is 0 Å². The van der Waals surface area contributed by atoms with E-state index in [1.165, 1.54) is 0 Å². The van der Waals surface area contributed by atoms with Gasteiger partial charge in [0, 0.05) is 6.42 Å². The highest BCUT2D eigenvalue weighted by Crippen LogP contribution is 2.42. The van der Waals surface area contributed by atoms with Crippen LogP contribution in [0.4, 0.5) is 0 Å². The van der Waals surface area contributed by atoms with E-state index >= 15 is 0 Å². The van der Waals surface area contributed by atoms with Crippen molar-refractivity contribution in [1.82, 2.24) is 0 Å². The van der Waals surface area contributed by atoms with E-state index in [-0.39, 0.29) is 13.0 Å². The molecule has 148 valence electrons. The zero-order valence-electron chi connectivity index (χ0n) is 15.6. The fourth-order valence-corrected chi connectivity index (χ4v) is 3.50. The van der Waals surface area contributed by atoms with Gasteiger partial charge in [0.2, 0.25) is 0 Å². The molecule has 0 aromatic heterocycles. The molecule has 0 aliphatic carbocycles. The third-order valence-electron chi connectivity index (χ3n) is 4.91. The van der Waals surface area contributed by atoms with Crippen molar-refractivity contribution in [3.63, 3.8) is 0 Å². The maximum absolute atomic E-state index is 12.3. The molecule has 2 aromatic carbocycles. The molecule has 0 bridgehead atoms. The van der Waals surface area contributed by atoms with Crippen LogP contribution in [0.25, 0.3) is 0 Å². The zero-order valence-corrected chi connectivity index (χ0v) is 17.1. The Labute approximate surface area is 173 Å². The first-order chi connectivity index (χ1) is 13.4. The smallest absolute Gasteiger partial charge is 0.354 e. The van der Waals surface area contributed by atoms with Crippen molar-refractivity contribution in [2.75, 3.05) is 0 Å². The molecule has 28 heavy (non-hydrogen) atoms. The number of aryl methyl sites for hydroxylation is 1. The lowest BCUT2D eigenvalue weighted by Crippen LogP contribution is -2.46. The van der Waals surface area contributed by atoms with E-state index in [1.807, 2.05) is 38.1 Å². The van der Waals surface area contributed by atoms with Gasteiger partial charge in [-0.05, 0) is 42.2 Å². The van der Waals surface area contributed by atoms with Crippen LogP contribution in [-0.4, -0.2) is 22.4 Å². The Morgan fingerprint density at radius 2 is 2.04 bits per heavy atom. The fourth-order valence-electron chi connectivity index (χ4n) is 3.19. The number of hydrogen-bond acceptors (Lipinski definition) is 4. The molecule has 3 rings (SSSR count). The predicted octanol–water partition coefficient (Wildman–Crippen LogP) is 5.57. The highest BCUT2D eigenvalue weighted by molar-refractivity contribution is 6.42. The van der Waals surface area contributed by atoms with Gasteiger partial charge in [0.05, 0.1) is 22.4 Å². The predicted molar refractivity (Wildman–Crippen MR) is 109 cm³/mol. The highest BCUT2D eigenvalue weighted by Gasteiger charge is 2.54. The molecule has 0 spiro atoms. The molecule has 7 heteroatoms. The number of halogens is 2. The monoisotopic (exact) mass is 421 g/mol. The second kappa shape index (κ2) is 8.52. The van der Waals surface area contributed by atoms with Crippen molar-refractivity contribution < 1.29 is 19.5 Å². The van der Waals surface area contributed by atoms with Gasteiger partial charge in [-0.2, -0.15) is 0 Å². The minimum Gasteiger partial charge on any atom is -0.478 e. The number of oxime groups is 1. The molecule has 2 atom stereocenters. The number of carbonyl (C=O) groups is 1. The van der Waals surface area contributed by atoms with Crippen molar-refractivity contribution in [2.45, 2.75) is 45.0 Å². The molecule has 2 aromatic rings. The first kappa shape index (κ1) is 20.6. The zero-order chi connectivity index (χ0) is 20.3. The summed E-state index contributed by atoms with van der Waals surface area (Å²) in [5, 5.41) is 14.7. The summed E-state index contributed by atoms with van der Waals surface area (Å²) in [6.07, 6.45) is -0.189. The molecule has 0 saturated carbocycles. The van der Waals surface area contributed by atoms with Crippen LogP contribution < -0.4 is 0 Å². The average Bonchev–Trinajstić information content (AvgIpc) is 3.12. The van der Waals surface area contributed by atoms with Crippen LogP contribution in [0, 0.1) is 6.92 Å². The number of hydrogen-bond donors (Lipinski definition) is 1. The summed E-state index contributed by atoms with van der Waals surface area (Å²) in [4.78, 5) is 17.8. The van der Waals surface area contributed by atoms with E-state index in [2.05, 4.69) is 5.16 Å². The summed E-state index contributed by atoms with van der Waals surface area (Å²) in [6.45, 7) is 4.10. The van der Waals surface area contributed by atoms with Crippen molar-refractivity contribution in [1.29, 1.82) is 0 Å². The first-order valence-corrected chi connectivity index (χ1v) is 9.71. The van der Waals surface area contributed by atoms with Crippen molar-refractivity contribution in [3.05, 3.63) is 69.2 Å². The molecular formula is C21H21Cl2NO4. The number of benzene rings is 2. The van der Waals surface area contributed by atoms with Crippen LogP contribution in [0.3, 0.4) is 0 Å². The Morgan fingerprint density at radius 3 is 2.64 bits per heavy atom. The number of carboxylic acid groups (broad SMARTS) is 1. The largest absolute Gasteiger partial charge is 0.478 e. The van der Waals surface area contributed by atoms with Gasteiger partial charge < -0.3 is 14.7 Å². The maximum atomic E-state index is 12.3. The van der Waals surface area contributed by atoms with Crippen LogP contribution in [0.2, 0.25) is 10.0 Å². The number of carboxylic acids is 1. The van der Waals surface area contributed by atoms with Crippen LogP contribution in [-0.2, 0) is 21.0 Å². The van der Waals surface area contributed by atoms with Crippen molar-refractivity contribution >= 4 is 34.9 Å². The number of aliphatic carboxylic acids is 1. The molecule has 1 N–H and O–H groups in total. The topological polar surface area (TPSA) is 68.1 Å². The van der Waals surface area contributed by atoms with Gasteiger partial charge in [-0.15, -0.1) is 0 Å². The van der Waals surface area contributed by atoms with Gasteiger partial charge in [0.25, 0.3) is 5.60 Å². The Morgan fingerprint density at radius 1 is 1.29 bits per heavy atom. The summed E-state index contributed by atoms with van der Waals surface area (Å²) in [5.74, 6) is -1.14. The van der Waals surface area contributed by atoms with Crippen LogP contribution >= 0.6 is 23.2 Å². The van der Waals surface area contributed by atoms with Crippen LogP contribution in [0.15, 0.2) is 47.6 Å². The van der Waals surface area contributed by atoms with Gasteiger partial charge in [-0.3, -0.25) is 0 Å². The lowest BCUT2D eigenvalue weighted by atomic mass is 9.86. The first-order valence-electron chi connectivity index (χ1n) is 8.95. The van der Waals surface area contributed by atoms with Gasteiger partial charge >= 0.3 is 5.97 Å². The molecule has 1 aliphatic rings. The average molecular weight is 422 g/mol. The minimum atomic E-state index is -1.66. The lowest BCUT2D eigenvalue weighted by Gasteiger charge is -2.32. The molecule has 0 saturated heterocycles. The Bertz CT molecular complexity index is 915. The Balaban J connectivity index is 1.99. The van der Waals surface area contributed by atoms with E-state index in [1.54, 1.807) is 18.2 Å². The Kier molecular flexibility index (Phi) is 6.28. The summed E-state index contributed by atoms with van der Waals surface area (Å²) in [6, 6.07) is 12.7. The van der Waals surface area contributed by atoms with Crippen LogP contribution in [0.1, 0.15) is 42.6 Å².